The van der Waals surface area contributed by atoms with Crippen molar-refractivity contribution >= 4 is 11.9 Å². The van der Waals surface area contributed by atoms with Crippen molar-refractivity contribution in [3.63, 3.8) is 0 Å². The van der Waals surface area contributed by atoms with E-state index in [9.17, 15) is 4.79 Å². The molecule has 82 valence electrons. The van der Waals surface area contributed by atoms with Crippen LogP contribution < -0.4 is 17.2 Å². The molecule has 0 bridgehead atoms. The second-order valence-electron chi connectivity index (χ2n) is 3.13. The topological polar surface area (TPSA) is 128 Å². The summed E-state index contributed by atoms with van der Waals surface area (Å²) in [5, 5.41) is 8.68. The van der Waals surface area contributed by atoms with E-state index in [1.807, 2.05) is 6.92 Å². The van der Waals surface area contributed by atoms with Crippen LogP contribution in [-0.4, -0.2) is 29.6 Å². The smallest absolute Gasteiger partial charge is 0.320 e. The van der Waals surface area contributed by atoms with Gasteiger partial charge in [-0.1, -0.05) is 13.3 Å². The summed E-state index contributed by atoms with van der Waals surface area (Å²) in [5.74, 6) is -1.05. The van der Waals surface area contributed by atoms with Crippen molar-refractivity contribution in [2.45, 2.75) is 25.8 Å². The quantitative estimate of drug-likeness (QED) is 0.327. The highest BCUT2D eigenvalue weighted by molar-refractivity contribution is 5.75. The third kappa shape index (κ3) is 4.66. The van der Waals surface area contributed by atoms with E-state index in [1.54, 1.807) is 0 Å². The molecule has 2 atom stereocenters. The second kappa shape index (κ2) is 6.20. The monoisotopic (exact) mass is 202 g/mol. The van der Waals surface area contributed by atoms with Gasteiger partial charge in [0.05, 0.1) is 0 Å². The molecule has 0 aromatic rings. The fourth-order valence-corrected chi connectivity index (χ4v) is 1.20. The zero-order valence-corrected chi connectivity index (χ0v) is 8.31. The van der Waals surface area contributed by atoms with Gasteiger partial charge in [-0.15, -0.1) is 0 Å². The third-order valence-electron chi connectivity index (χ3n) is 2.11. The Morgan fingerprint density at radius 2 is 2.07 bits per heavy atom. The van der Waals surface area contributed by atoms with Gasteiger partial charge in [0.2, 0.25) is 0 Å². The molecule has 0 saturated carbocycles. The van der Waals surface area contributed by atoms with Crippen LogP contribution in [0.5, 0.6) is 0 Å². The van der Waals surface area contributed by atoms with Gasteiger partial charge in [0.1, 0.15) is 6.04 Å². The van der Waals surface area contributed by atoms with Crippen LogP contribution in [0.3, 0.4) is 0 Å². The molecular weight excluding hydrogens is 184 g/mol. The average molecular weight is 202 g/mol. The van der Waals surface area contributed by atoms with Crippen molar-refractivity contribution in [1.82, 2.24) is 0 Å². The first-order valence-corrected chi connectivity index (χ1v) is 4.52. The second-order valence-corrected chi connectivity index (χ2v) is 3.13. The summed E-state index contributed by atoms with van der Waals surface area (Å²) in [6, 6.07) is -0.839. The van der Waals surface area contributed by atoms with Crippen LogP contribution in [0, 0.1) is 5.92 Å². The number of guanidine groups is 1. The predicted octanol–water partition coefficient (Wildman–Crippen LogP) is -0.912. The van der Waals surface area contributed by atoms with E-state index >= 15 is 0 Å². The van der Waals surface area contributed by atoms with Crippen LogP contribution in [0.15, 0.2) is 4.99 Å². The van der Waals surface area contributed by atoms with E-state index in [0.717, 1.165) is 0 Å². The van der Waals surface area contributed by atoms with Gasteiger partial charge >= 0.3 is 5.97 Å². The van der Waals surface area contributed by atoms with E-state index < -0.39 is 12.0 Å². The van der Waals surface area contributed by atoms with Gasteiger partial charge in [0.15, 0.2) is 5.96 Å². The summed E-state index contributed by atoms with van der Waals surface area (Å²) in [6.07, 6.45) is 1.29. The number of nitrogens with zero attached hydrogens (tertiary/aromatic N) is 1. The van der Waals surface area contributed by atoms with Crippen molar-refractivity contribution in [2.75, 3.05) is 6.54 Å². The van der Waals surface area contributed by atoms with E-state index in [0.29, 0.717) is 19.4 Å². The Morgan fingerprint density at radius 3 is 2.43 bits per heavy atom. The molecular formula is C8H18N4O2. The molecule has 0 aliphatic heterocycles. The molecule has 0 radical (unpaired) electrons. The van der Waals surface area contributed by atoms with E-state index in [4.69, 9.17) is 22.3 Å². The zero-order chi connectivity index (χ0) is 11.1. The summed E-state index contributed by atoms with van der Waals surface area (Å²) in [4.78, 5) is 14.4. The lowest BCUT2D eigenvalue weighted by Crippen LogP contribution is -2.38. The molecule has 0 amide bonds. The number of rotatable bonds is 6. The summed E-state index contributed by atoms with van der Waals surface area (Å²) in [6.45, 7) is 2.31. The van der Waals surface area contributed by atoms with Crippen LogP contribution >= 0.6 is 0 Å². The Labute approximate surface area is 83.2 Å². The molecule has 0 heterocycles. The standard InChI is InChI=1S/C8H18N4O2/c1-2-5(6(9)7(13)14)3-4-12-8(10)11/h5-6H,2-4,9H2,1H3,(H,13,14)(H4,10,11,12). The summed E-state index contributed by atoms with van der Waals surface area (Å²) in [7, 11) is 0. The van der Waals surface area contributed by atoms with Crippen LogP contribution in [0.4, 0.5) is 0 Å². The van der Waals surface area contributed by atoms with Gasteiger partial charge < -0.3 is 22.3 Å². The van der Waals surface area contributed by atoms with Gasteiger partial charge in [0.25, 0.3) is 0 Å². The maximum atomic E-state index is 10.6. The molecule has 6 nitrogen and oxygen atoms in total. The predicted molar refractivity (Wildman–Crippen MR) is 54.7 cm³/mol. The molecule has 6 heteroatoms. The van der Waals surface area contributed by atoms with Gasteiger partial charge in [-0.25, -0.2) is 0 Å². The van der Waals surface area contributed by atoms with Gasteiger partial charge in [-0.2, -0.15) is 0 Å². The van der Waals surface area contributed by atoms with Crippen molar-refractivity contribution in [1.29, 1.82) is 0 Å². The molecule has 0 aromatic heterocycles. The Bertz CT molecular complexity index is 213. The van der Waals surface area contributed by atoms with Crippen LogP contribution in [-0.2, 0) is 4.79 Å². The Morgan fingerprint density at radius 1 is 1.50 bits per heavy atom. The molecule has 0 spiro atoms. The molecule has 0 aliphatic carbocycles. The molecule has 0 rings (SSSR count). The highest BCUT2D eigenvalue weighted by Crippen LogP contribution is 2.12. The SMILES string of the molecule is CCC(CCN=C(N)N)C(N)C(=O)O. The summed E-state index contributed by atoms with van der Waals surface area (Å²) >= 11 is 0. The number of nitrogens with two attached hydrogens (primary N) is 3. The molecule has 7 N–H and O–H groups in total. The minimum Gasteiger partial charge on any atom is -0.480 e. The molecule has 14 heavy (non-hydrogen) atoms. The first-order valence-electron chi connectivity index (χ1n) is 4.52. The minimum absolute atomic E-state index is 0.0174. The van der Waals surface area contributed by atoms with Gasteiger partial charge in [0, 0.05) is 6.54 Å². The zero-order valence-electron chi connectivity index (χ0n) is 8.31. The number of carboxylic acids is 1. The number of aliphatic imine (C=N–C) groups is 1. The van der Waals surface area contributed by atoms with Crippen molar-refractivity contribution in [3.05, 3.63) is 0 Å². The fourth-order valence-electron chi connectivity index (χ4n) is 1.20. The lowest BCUT2D eigenvalue weighted by molar-refractivity contribution is -0.139. The first kappa shape index (κ1) is 12.7. The van der Waals surface area contributed by atoms with Crippen LogP contribution in [0.2, 0.25) is 0 Å². The fraction of sp³-hybridized carbons (Fsp3) is 0.750. The largest absolute Gasteiger partial charge is 0.480 e. The molecule has 0 fully saturated rings. The van der Waals surface area contributed by atoms with Crippen LogP contribution in [0.25, 0.3) is 0 Å². The summed E-state index contributed by atoms with van der Waals surface area (Å²) in [5.41, 5.74) is 15.8. The number of aliphatic carboxylic acids is 1. The first-order chi connectivity index (χ1) is 6.49. The highest BCUT2D eigenvalue weighted by Gasteiger charge is 2.21. The van der Waals surface area contributed by atoms with E-state index in [2.05, 4.69) is 4.99 Å². The number of carbonyl (C=O) groups is 1. The maximum absolute atomic E-state index is 10.6. The van der Waals surface area contributed by atoms with E-state index in [1.165, 1.54) is 0 Å². The summed E-state index contributed by atoms with van der Waals surface area (Å²) < 4.78 is 0. The normalized spacial score (nSPS) is 14.4. The van der Waals surface area contributed by atoms with Crippen molar-refractivity contribution in [2.24, 2.45) is 28.1 Å². The van der Waals surface area contributed by atoms with Crippen molar-refractivity contribution in [3.8, 4) is 0 Å². The highest BCUT2D eigenvalue weighted by atomic mass is 16.4. The van der Waals surface area contributed by atoms with E-state index in [-0.39, 0.29) is 11.9 Å². The Kier molecular flexibility index (Phi) is 5.62. The van der Waals surface area contributed by atoms with Crippen LogP contribution in [0.1, 0.15) is 19.8 Å². The Balaban J connectivity index is 4.03. The lowest BCUT2D eigenvalue weighted by Gasteiger charge is -2.17. The van der Waals surface area contributed by atoms with Crippen molar-refractivity contribution < 1.29 is 9.90 Å². The van der Waals surface area contributed by atoms with Gasteiger partial charge in [-0.05, 0) is 12.3 Å². The average Bonchev–Trinajstić information content (AvgIpc) is 2.10. The number of carboxylic acid groups (broad SMARTS) is 1. The van der Waals surface area contributed by atoms with Gasteiger partial charge in [-0.3, -0.25) is 9.79 Å². The third-order valence-corrected chi connectivity index (χ3v) is 2.11. The molecule has 2 unspecified atom stereocenters. The maximum Gasteiger partial charge on any atom is 0.320 e. The minimum atomic E-state index is -0.985. The number of hydrogen-bond donors (Lipinski definition) is 4. The number of hydrogen-bond acceptors (Lipinski definition) is 3. The molecule has 0 saturated heterocycles. The Hall–Kier alpha value is -1.30. The molecule has 0 aromatic carbocycles. The lowest BCUT2D eigenvalue weighted by atomic mass is 9.94. The molecule has 0 aliphatic rings.